The Morgan fingerprint density at radius 3 is 2.58 bits per heavy atom. The number of benzene rings is 2. The topological polar surface area (TPSA) is 51.5 Å². The van der Waals surface area contributed by atoms with Crippen LogP contribution in [0, 0.1) is 11.3 Å². The monoisotopic (exact) mass is 317 g/mol. The number of fused-ring (bicyclic) bond motifs is 1. The fraction of sp³-hybridized carbons (Fsp3) is 0.0714. The van der Waals surface area contributed by atoms with Gasteiger partial charge in [0, 0.05) is 10.5 Å². The van der Waals surface area contributed by atoms with Crippen molar-refractivity contribution in [3.63, 3.8) is 0 Å². The molecule has 0 aromatic heterocycles. The lowest BCUT2D eigenvalue weighted by molar-refractivity contribution is 0.174. The van der Waals surface area contributed by atoms with Crippen LogP contribution in [-0.2, 0) is 0 Å². The number of hydrogen-bond acceptors (Lipinski definition) is 4. The second kappa shape index (κ2) is 4.82. The van der Waals surface area contributed by atoms with Gasteiger partial charge in [-0.05, 0) is 46.3 Å². The molecule has 0 N–H and O–H groups in total. The molecule has 0 radical (unpaired) electrons. The molecule has 0 unspecified atom stereocenters. The van der Waals surface area contributed by atoms with Gasteiger partial charge in [-0.15, -0.1) is 0 Å². The van der Waals surface area contributed by atoms with Crippen molar-refractivity contribution in [1.29, 1.82) is 5.26 Å². The van der Waals surface area contributed by atoms with Crippen LogP contribution in [0.2, 0.25) is 0 Å². The Morgan fingerprint density at radius 2 is 1.79 bits per heavy atom. The Labute approximate surface area is 118 Å². The van der Waals surface area contributed by atoms with E-state index in [2.05, 4.69) is 22.0 Å². The van der Waals surface area contributed by atoms with Crippen LogP contribution >= 0.6 is 15.9 Å². The molecule has 0 aliphatic carbocycles. The van der Waals surface area contributed by atoms with E-state index < -0.39 is 0 Å². The zero-order valence-electron chi connectivity index (χ0n) is 9.72. The van der Waals surface area contributed by atoms with Gasteiger partial charge in [-0.3, -0.25) is 0 Å². The van der Waals surface area contributed by atoms with Crippen LogP contribution in [0.25, 0.3) is 0 Å². The van der Waals surface area contributed by atoms with Crippen molar-refractivity contribution in [2.45, 2.75) is 0 Å². The lowest BCUT2D eigenvalue weighted by Crippen LogP contribution is -1.92. The van der Waals surface area contributed by atoms with Gasteiger partial charge in [-0.25, -0.2) is 0 Å². The summed E-state index contributed by atoms with van der Waals surface area (Å²) in [7, 11) is 0. The van der Waals surface area contributed by atoms with Crippen molar-refractivity contribution in [2.75, 3.05) is 6.79 Å². The summed E-state index contributed by atoms with van der Waals surface area (Å²) in [5.74, 6) is 2.68. The summed E-state index contributed by atoms with van der Waals surface area (Å²) in [6, 6.07) is 12.7. The third-order valence-corrected chi connectivity index (χ3v) is 3.30. The second-order valence-corrected chi connectivity index (χ2v) is 4.72. The highest BCUT2D eigenvalue weighted by Gasteiger charge is 2.14. The van der Waals surface area contributed by atoms with E-state index in [0.29, 0.717) is 33.0 Å². The Morgan fingerprint density at radius 1 is 1.05 bits per heavy atom. The maximum Gasteiger partial charge on any atom is 0.231 e. The molecule has 2 aromatic rings. The molecule has 0 spiro atoms. The summed E-state index contributed by atoms with van der Waals surface area (Å²) in [6.07, 6.45) is 0. The normalized spacial score (nSPS) is 12.0. The van der Waals surface area contributed by atoms with Crippen molar-refractivity contribution in [3.05, 3.63) is 46.4 Å². The Bertz CT molecular complexity index is 670. The van der Waals surface area contributed by atoms with Crippen molar-refractivity contribution in [3.8, 4) is 29.1 Å². The molecule has 0 fully saturated rings. The molecule has 0 saturated heterocycles. The molecule has 1 heterocycles. The van der Waals surface area contributed by atoms with Crippen molar-refractivity contribution >= 4 is 15.9 Å². The van der Waals surface area contributed by atoms with Gasteiger partial charge < -0.3 is 14.2 Å². The number of halogens is 1. The predicted octanol–water partition coefficient (Wildman–Crippen LogP) is 3.84. The van der Waals surface area contributed by atoms with Gasteiger partial charge in [-0.1, -0.05) is 0 Å². The smallest absolute Gasteiger partial charge is 0.231 e. The van der Waals surface area contributed by atoms with Crippen LogP contribution in [0.5, 0.6) is 23.0 Å². The summed E-state index contributed by atoms with van der Waals surface area (Å²) in [5, 5.41) is 8.85. The molecule has 0 bridgehead atoms. The maximum atomic E-state index is 8.85. The Balaban J connectivity index is 1.85. The van der Waals surface area contributed by atoms with E-state index in [1.165, 1.54) is 0 Å². The molecule has 5 heteroatoms. The summed E-state index contributed by atoms with van der Waals surface area (Å²) in [6.45, 7) is 0.237. The zero-order valence-corrected chi connectivity index (χ0v) is 11.3. The number of hydrogen-bond donors (Lipinski definition) is 0. The largest absolute Gasteiger partial charge is 0.457 e. The van der Waals surface area contributed by atoms with E-state index >= 15 is 0 Å². The SMILES string of the molecule is N#Cc1ccc(Oc2ccc3c(c2)OCO3)cc1Br. The summed E-state index contributed by atoms with van der Waals surface area (Å²) in [4.78, 5) is 0. The summed E-state index contributed by atoms with van der Waals surface area (Å²) in [5.41, 5.74) is 0.568. The first kappa shape index (κ1) is 11.9. The van der Waals surface area contributed by atoms with Crippen molar-refractivity contribution in [1.82, 2.24) is 0 Å². The van der Waals surface area contributed by atoms with Gasteiger partial charge in [0.15, 0.2) is 11.5 Å². The lowest BCUT2D eigenvalue weighted by Gasteiger charge is -2.07. The lowest BCUT2D eigenvalue weighted by atomic mass is 10.2. The van der Waals surface area contributed by atoms with Crippen LogP contribution in [0.15, 0.2) is 40.9 Å². The predicted molar refractivity (Wildman–Crippen MR) is 71.5 cm³/mol. The molecule has 3 rings (SSSR count). The number of ether oxygens (including phenoxy) is 3. The molecule has 4 nitrogen and oxygen atoms in total. The summed E-state index contributed by atoms with van der Waals surface area (Å²) >= 11 is 3.32. The molecule has 1 aliphatic rings. The van der Waals surface area contributed by atoms with Crippen LogP contribution in [0.1, 0.15) is 5.56 Å². The quantitative estimate of drug-likeness (QED) is 0.844. The molecular weight excluding hydrogens is 310 g/mol. The highest BCUT2D eigenvalue weighted by Crippen LogP contribution is 2.37. The maximum absolute atomic E-state index is 8.85. The fourth-order valence-electron chi connectivity index (χ4n) is 1.73. The van der Waals surface area contributed by atoms with Gasteiger partial charge in [-0.2, -0.15) is 5.26 Å². The minimum absolute atomic E-state index is 0.237. The fourth-order valence-corrected chi connectivity index (χ4v) is 2.17. The molecule has 1 aliphatic heterocycles. The first-order valence-corrected chi connectivity index (χ1v) is 6.33. The van der Waals surface area contributed by atoms with Gasteiger partial charge in [0.2, 0.25) is 6.79 Å². The van der Waals surface area contributed by atoms with Crippen LogP contribution in [0.4, 0.5) is 0 Å². The standard InChI is InChI=1S/C14H8BrNO3/c15-12-5-10(2-1-9(12)7-16)19-11-3-4-13-14(6-11)18-8-17-13/h1-6H,8H2. The van der Waals surface area contributed by atoms with Crippen LogP contribution in [-0.4, -0.2) is 6.79 Å². The minimum atomic E-state index is 0.237. The Hall–Kier alpha value is -2.19. The average Bonchev–Trinajstić information content (AvgIpc) is 2.86. The van der Waals surface area contributed by atoms with Crippen molar-refractivity contribution < 1.29 is 14.2 Å². The van der Waals surface area contributed by atoms with Crippen molar-refractivity contribution in [2.24, 2.45) is 0 Å². The molecule has 0 amide bonds. The second-order valence-electron chi connectivity index (χ2n) is 3.87. The number of nitriles is 1. The van der Waals surface area contributed by atoms with Gasteiger partial charge in [0.25, 0.3) is 0 Å². The van der Waals surface area contributed by atoms with Gasteiger partial charge in [0.05, 0.1) is 5.56 Å². The van der Waals surface area contributed by atoms with Crippen LogP contribution < -0.4 is 14.2 Å². The third kappa shape index (κ3) is 2.35. The van der Waals surface area contributed by atoms with Gasteiger partial charge >= 0.3 is 0 Å². The third-order valence-electron chi connectivity index (χ3n) is 2.64. The van der Waals surface area contributed by atoms with E-state index in [-0.39, 0.29) is 6.79 Å². The minimum Gasteiger partial charge on any atom is -0.457 e. The Kier molecular flexibility index (Phi) is 3.02. The molecule has 0 saturated carbocycles. The first-order valence-electron chi connectivity index (χ1n) is 5.53. The molecule has 2 aromatic carbocycles. The van der Waals surface area contributed by atoms with Gasteiger partial charge in [0.1, 0.15) is 17.6 Å². The molecule has 94 valence electrons. The molecule has 0 atom stereocenters. The highest BCUT2D eigenvalue weighted by molar-refractivity contribution is 9.10. The summed E-state index contributed by atoms with van der Waals surface area (Å²) < 4.78 is 16.9. The van der Waals surface area contributed by atoms with E-state index in [4.69, 9.17) is 19.5 Å². The van der Waals surface area contributed by atoms with Crippen LogP contribution in [0.3, 0.4) is 0 Å². The van der Waals surface area contributed by atoms with E-state index in [1.807, 2.05) is 0 Å². The van der Waals surface area contributed by atoms with E-state index in [9.17, 15) is 0 Å². The molecular formula is C14H8BrNO3. The number of nitrogens with zero attached hydrogens (tertiary/aromatic N) is 1. The highest BCUT2D eigenvalue weighted by atomic mass is 79.9. The van der Waals surface area contributed by atoms with E-state index in [1.54, 1.807) is 36.4 Å². The first-order chi connectivity index (χ1) is 9.26. The average molecular weight is 318 g/mol. The molecule has 19 heavy (non-hydrogen) atoms. The number of rotatable bonds is 2. The van der Waals surface area contributed by atoms with E-state index in [0.717, 1.165) is 0 Å². The zero-order chi connectivity index (χ0) is 13.2.